The van der Waals surface area contributed by atoms with Crippen LogP contribution >= 0.6 is 0 Å². The van der Waals surface area contributed by atoms with Crippen molar-refractivity contribution in [3.63, 3.8) is 0 Å². The van der Waals surface area contributed by atoms with Gasteiger partial charge in [0, 0.05) is 35.7 Å². The van der Waals surface area contributed by atoms with Crippen LogP contribution in [0.1, 0.15) is 51.3 Å². The highest BCUT2D eigenvalue weighted by Crippen LogP contribution is 2.24. The molecule has 0 spiro atoms. The molecule has 154 valence electrons. The first-order valence-electron chi connectivity index (χ1n) is 10.00. The van der Waals surface area contributed by atoms with Gasteiger partial charge in [-0.05, 0) is 43.1 Å². The van der Waals surface area contributed by atoms with E-state index in [1.54, 1.807) is 4.57 Å². The van der Waals surface area contributed by atoms with E-state index in [-0.39, 0.29) is 16.9 Å². The van der Waals surface area contributed by atoms with Crippen molar-refractivity contribution in [2.75, 3.05) is 6.54 Å². The molecule has 3 rings (SSSR count). The average Bonchev–Trinajstić information content (AvgIpc) is 3.07. The van der Waals surface area contributed by atoms with Gasteiger partial charge >= 0.3 is 5.69 Å². The number of H-pyrrole nitrogens is 1. The minimum atomic E-state index is -0.295. The van der Waals surface area contributed by atoms with Gasteiger partial charge in [-0.15, -0.1) is 0 Å². The number of unbranched alkanes of at least 4 members (excludes halogenated alkanes) is 1. The maximum atomic E-state index is 12.5. The molecule has 29 heavy (non-hydrogen) atoms. The molecular formula is C22H30N6O. The molecule has 0 bridgehead atoms. The summed E-state index contributed by atoms with van der Waals surface area (Å²) in [5, 5.41) is 11.5. The number of hydrogen-bond donors (Lipinski definition) is 4. The van der Waals surface area contributed by atoms with Gasteiger partial charge in [0.1, 0.15) is 5.65 Å². The van der Waals surface area contributed by atoms with Crippen LogP contribution in [-0.2, 0) is 12.0 Å². The Kier molecular flexibility index (Phi) is 6.17. The fraction of sp³-hybridized carbons (Fsp3) is 0.409. The first-order chi connectivity index (χ1) is 13.7. The van der Waals surface area contributed by atoms with Crippen LogP contribution in [0.2, 0.25) is 0 Å². The second-order valence-corrected chi connectivity index (χ2v) is 8.46. The van der Waals surface area contributed by atoms with Gasteiger partial charge in [0.25, 0.3) is 0 Å². The second kappa shape index (κ2) is 8.61. The number of aromatic amines is 1. The molecule has 0 atom stereocenters. The molecule has 0 saturated heterocycles. The molecule has 0 amide bonds. The quantitative estimate of drug-likeness (QED) is 0.267. The van der Waals surface area contributed by atoms with Crippen molar-refractivity contribution in [2.45, 2.75) is 52.0 Å². The summed E-state index contributed by atoms with van der Waals surface area (Å²) in [5.41, 5.74) is 8.66. The van der Waals surface area contributed by atoms with E-state index in [4.69, 9.17) is 11.1 Å². The number of amidine groups is 1. The molecule has 0 fully saturated rings. The van der Waals surface area contributed by atoms with E-state index in [0.29, 0.717) is 12.1 Å². The third-order valence-corrected chi connectivity index (χ3v) is 4.91. The molecule has 7 heteroatoms. The zero-order valence-corrected chi connectivity index (χ0v) is 17.4. The van der Waals surface area contributed by atoms with Gasteiger partial charge in [0.15, 0.2) is 0 Å². The Morgan fingerprint density at radius 1 is 1.24 bits per heavy atom. The summed E-state index contributed by atoms with van der Waals surface area (Å²) < 4.78 is 1.58. The minimum absolute atomic E-state index is 0.0324. The zero-order valence-electron chi connectivity index (χ0n) is 17.4. The van der Waals surface area contributed by atoms with Gasteiger partial charge in [-0.25, -0.2) is 4.79 Å². The Morgan fingerprint density at radius 2 is 1.97 bits per heavy atom. The molecule has 0 saturated carbocycles. The highest BCUT2D eigenvalue weighted by atomic mass is 16.1. The summed E-state index contributed by atoms with van der Waals surface area (Å²) in [6.45, 7) is 8.03. The second-order valence-electron chi connectivity index (χ2n) is 8.46. The maximum absolute atomic E-state index is 12.5. The van der Waals surface area contributed by atoms with Gasteiger partial charge in [-0.3, -0.25) is 9.98 Å². The predicted molar refractivity (Wildman–Crippen MR) is 118 cm³/mol. The van der Waals surface area contributed by atoms with Crippen LogP contribution in [0.25, 0.3) is 16.7 Å². The topological polar surface area (TPSA) is 113 Å². The number of benzene rings is 1. The van der Waals surface area contributed by atoms with E-state index in [9.17, 15) is 4.79 Å². The fourth-order valence-corrected chi connectivity index (χ4v) is 3.16. The van der Waals surface area contributed by atoms with Crippen molar-refractivity contribution in [2.24, 2.45) is 5.73 Å². The van der Waals surface area contributed by atoms with Crippen molar-refractivity contribution in [3.05, 3.63) is 58.3 Å². The smallest absolute Gasteiger partial charge is 0.354 e. The van der Waals surface area contributed by atoms with Crippen LogP contribution in [0.4, 0.5) is 0 Å². The molecule has 0 radical (unpaired) electrons. The van der Waals surface area contributed by atoms with Crippen molar-refractivity contribution in [3.8, 4) is 5.69 Å². The first kappa shape index (κ1) is 20.8. The summed E-state index contributed by atoms with van der Waals surface area (Å²) in [6, 6.07) is 9.99. The highest BCUT2D eigenvalue weighted by Gasteiger charge is 2.17. The molecule has 1 aromatic carbocycles. The Morgan fingerprint density at radius 3 is 2.62 bits per heavy atom. The van der Waals surface area contributed by atoms with Gasteiger partial charge < -0.3 is 16.0 Å². The summed E-state index contributed by atoms with van der Waals surface area (Å²) in [5.74, 6) is 0.248. The molecule has 2 aromatic heterocycles. The monoisotopic (exact) mass is 394 g/mol. The molecule has 0 aliphatic heterocycles. The lowest BCUT2D eigenvalue weighted by Crippen LogP contribution is -2.20. The van der Waals surface area contributed by atoms with E-state index in [2.05, 4.69) is 42.1 Å². The third kappa shape index (κ3) is 5.32. The van der Waals surface area contributed by atoms with Crippen LogP contribution in [0.5, 0.6) is 0 Å². The minimum Gasteiger partial charge on any atom is -0.388 e. The van der Waals surface area contributed by atoms with Crippen molar-refractivity contribution >= 4 is 16.9 Å². The number of nitrogens with two attached hydrogens (primary N) is 1. The summed E-state index contributed by atoms with van der Waals surface area (Å²) >= 11 is 0. The maximum Gasteiger partial charge on any atom is 0.354 e. The standard InChI is InChI=1S/C22H30N6O/c1-22(2,3)18-12-16-14-28(21(29)27-20(16)26-18)17-9-7-15(8-10-17)13-25-11-5-4-6-19(23)24/h7-10,12,14,25H,4-6,11,13H2,1-3H3,(H3,23,24)(H,26,27,29). The van der Waals surface area contributed by atoms with E-state index in [1.165, 1.54) is 0 Å². The Balaban J connectivity index is 1.67. The van der Waals surface area contributed by atoms with Crippen LogP contribution in [-0.4, -0.2) is 26.9 Å². The normalized spacial score (nSPS) is 11.8. The lowest BCUT2D eigenvalue weighted by molar-refractivity contribution is 0.574. The third-order valence-electron chi connectivity index (χ3n) is 4.91. The van der Waals surface area contributed by atoms with Crippen molar-refractivity contribution in [1.29, 1.82) is 5.41 Å². The Hall–Kier alpha value is -2.93. The summed E-state index contributed by atoms with van der Waals surface area (Å²) in [4.78, 5) is 20.0. The highest BCUT2D eigenvalue weighted by molar-refractivity contribution is 5.77. The van der Waals surface area contributed by atoms with Crippen LogP contribution in [0.3, 0.4) is 0 Å². The van der Waals surface area contributed by atoms with Gasteiger partial charge in [-0.2, -0.15) is 4.98 Å². The molecule has 5 N–H and O–H groups in total. The van der Waals surface area contributed by atoms with Gasteiger partial charge in [-0.1, -0.05) is 32.9 Å². The number of rotatable bonds is 8. The van der Waals surface area contributed by atoms with Gasteiger partial charge in [0.2, 0.25) is 0 Å². The zero-order chi connectivity index (χ0) is 21.0. The Bertz CT molecular complexity index is 1040. The number of fused-ring (bicyclic) bond motifs is 1. The molecule has 2 heterocycles. The lowest BCUT2D eigenvalue weighted by Gasteiger charge is -2.15. The molecule has 0 aliphatic carbocycles. The lowest BCUT2D eigenvalue weighted by atomic mass is 9.92. The summed E-state index contributed by atoms with van der Waals surface area (Å²) in [6.07, 6.45) is 4.42. The number of hydrogen-bond acceptors (Lipinski definition) is 4. The molecule has 7 nitrogen and oxygen atoms in total. The van der Waals surface area contributed by atoms with Crippen LogP contribution in [0, 0.1) is 5.41 Å². The number of nitrogens with zero attached hydrogens (tertiary/aromatic N) is 2. The molecule has 0 aliphatic rings. The first-order valence-corrected chi connectivity index (χ1v) is 10.00. The molecule has 0 unspecified atom stereocenters. The van der Waals surface area contributed by atoms with Gasteiger partial charge in [0.05, 0.1) is 11.5 Å². The van der Waals surface area contributed by atoms with Crippen LogP contribution in [0.15, 0.2) is 41.3 Å². The average molecular weight is 395 g/mol. The van der Waals surface area contributed by atoms with Crippen molar-refractivity contribution < 1.29 is 0 Å². The van der Waals surface area contributed by atoms with Crippen LogP contribution < -0.4 is 16.7 Å². The van der Waals surface area contributed by atoms with E-state index < -0.39 is 0 Å². The number of aromatic nitrogens is 3. The predicted octanol–water partition coefficient (Wildman–Crippen LogP) is 3.21. The van der Waals surface area contributed by atoms with E-state index in [1.807, 2.05) is 30.5 Å². The van der Waals surface area contributed by atoms with Crippen molar-refractivity contribution in [1.82, 2.24) is 19.9 Å². The summed E-state index contributed by atoms with van der Waals surface area (Å²) in [7, 11) is 0. The number of nitrogens with one attached hydrogen (secondary N) is 3. The molecule has 3 aromatic rings. The molecular weight excluding hydrogens is 364 g/mol. The largest absolute Gasteiger partial charge is 0.388 e. The fourth-order valence-electron chi connectivity index (χ4n) is 3.16. The Labute approximate surface area is 170 Å². The SMILES string of the molecule is CC(C)(C)c1cc2cn(-c3ccc(CNCCCCC(=N)N)cc3)c(=O)nc2[nH]1. The van der Waals surface area contributed by atoms with E-state index >= 15 is 0 Å². The van der Waals surface area contributed by atoms with E-state index in [0.717, 1.165) is 48.3 Å².